The predicted molar refractivity (Wildman–Crippen MR) is 96.1 cm³/mol. The van der Waals surface area contributed by atoms with Crippen LogP contribution < -0.4 is 10.9 Å². The van der Waals surface area contributed by atoms with Crippen LogP contribution in [-0.2, 0) is 14.8 Å². The molecule has 3 fully saturated rings. The number of nitrogens with zero attached hydrogens (tertiary/aromatic N) is 2. The van der Waals surface area contributed by atoms with Crippen molar-refractivity contribution in [3.63, 3.8) is 0 Å². The molecular formula is C15H27BrN4O3S. The molecule has 2 N–H and O–H groups in total. The van der Waals surface area contributed by atoms with Crippen LogP contribution in [0.1, 0.15) is 32.6 Å². The van der Waals surface area contributed by atoms with Gasteiger partial charge in [-0.15, -0.1) is 0 Å². The normalized spacial score (nSPS) is 37.2. The molecule has 3 rings (SSSR count). The van der Waals surface area contributed by atoms with Crippen molar-refractivity contribution in [2.45, 2.75) is 48.7 Å². The third-order valence-electron chi connectivity index (χ3n) is 5.63. The Kier molecular flexibility index (Phi) is 5.86. The molecule has 1 amide bonds. The van der Waals surface area contributed by atoms with E-state index in [-0.39, 0.29) is 27.9 Å². The maximum absolute atomic E-state index is 13.0. The third-order valence-corrected chi connectivity index (χ3v) is 9.21. The van der Waals surface area contributed by atoms with Crippen molar-refractivity contribution < 1.29 is 13.2 Å². The lowest BCUT2D eigenvalue weighted by molar-refractivity contribution is -0.124. The number of carbonyl (C=O) groups excluding carboxylic acids is 1. The zero-order valence-corrected chi connectivity index (χ0v) is 16.5. The van der Waals surface area contributed by atoms with Crippen LogP contribution in [0.5, 0.6) is 0 Å². The van der Waals surface area contributed by atoms with Crippen LogP contribution in [0.3, 0.4) is 0 Å². The number of hydrogen-bond acceptors (Lipinski definition) is 5. The fraction of sp³-hybridized carbons (Fsp3) is 0.933. The van der Waals surface area contributed by atoms with Crippen molar-refractivity contribution in [2.24, 2.45) is 5.92 Å². The topological polar surface area (TPSA) is 81.8 Å². The molecule has 0 aromatic carbocycles. The summed E-state index contributed by atoms with van der Waals surface area (Å²) in [5, 5.41) is -0.219. The molecule has 1 saturated carbocycles. The van der Waals surface area contributed by atoms with Gasteiger partial charge in [0.25, 0.3) is 0 Å². The number of rotatable bonds is 3. The number of hydrazine groups is 1. The number of piperazine rings is 1. The van der Waals surface area contributed by atoms with E-state index in [0.717, 1.165) is 25.7 Å². The van der Waals surface area contributed by atoms with Gasteiger partial charge in [0.2, 0.25) is 15.9 Å². The van der Waals surface area contributed by atoms with Crippen LogP contribution in [0.25, 0.3) is 0 Å². The van der Waals surface area contributed by atoms with Crippen molar-refractivity contribution in [1.29, 1.82) is 0 Å². The molecule has 138 valence electrons. The Morgan fingerprint density at radius 2 is 1.79 bits per heavy atom. The Morgan fingerprint density at radius 3 is 2.46 bits per heavy atom. The van der Waals surface area contributed by atoms with Crippen molar-refractivity contribution in [2.75, 3.05) is 32.7 Å². The van der Waals surface area contributed by atoms with E-state index in [2.05, 4.69) is 38.6 Å². The largest absolute Gasteiger partial charge is 0.295 e. The van der Waals surface area contributed by atoms with Gasteiger partial charge < -0.3 is 0 Å². The number of carbonyl (C=O) groups is 1. The second kappa shape index (κ2) is 7.57. The molecule has 2 heterocycles. The maximum Gasteiger partial charge on any atom is 0.249 e. The first-order valence-electron chi connectivity index (χ1n) is 8.81. The van der Waals surface area contributed by atoms with Gasteiger partial charge in [-0.3, -0.25) is 15.1 Å². The number of sulfonamides is 1. The Labute approximate surface area is 152 Å². The second-order valence-electron chi connectivity index (χ2n) is 7.12. The van der Waals surface area contributed by atoms with Gasteiger partial charge in [-0.2, -0.15) is 4.31 Å². The minimum atomic E-state index is -3.21. The minimum Gasteiger partial charge on any atom is -0.295 e. The SMILES string of the molecule is CC1CCCCC1S(=O)(=O)N1CCN(C2CNNC(=O)C2Br)CC1. The molecule has 0 radical (unpaired) electrons. The van der Waals surface area contributed by atoms with Gasteiger partial charge in [0, 0.05) is 38.8 Å². The summed E-state index contributed by atoms with van der Waals surface area (Å²) in [6.45, 7) is 5.10. The van der Waals surface area contributed by atoms with Crippen LogP contribution in [0.2, 0.25) is 0 Å². The lowest BCUT2D eigenvalue weighted by Crippen LogP contribution is -2.64. The summed E-state index contributed by atoms with van der Waals surface area (Å²) in [6, 6.07) is 0.0530. The maximum atomic E-state index is 13.0. The summed E-state index contributed by atoms with van der Waals surface area (Å²) in [5.74, 6) is 0.178. The molecule has 2 saturated heterocycles. The first-order valence-corrected chi connectivity index (χ1v) is 11.2. The van der Waals surface area contributed by atoms with Crippen molar-refractivity contribution in [1.82, 2.24) is 20.1 Å². The number of halogens is 1. The Morgan fingerprint density at radius 1 is 1.12 bits per heavy atom. The molecule has 24 heavy (non-hydrogen) atoms. The summed E-state index contributed by atoms with van der Waals surface area (Å²) < 4.78 is 27.6. The third kappa shape index (κ3) is 3.65. The summed E-state index contributed by atoms with van der Waals surface area (Å²) >= 11 is 3.46. The fourth-order valence-corrected chi connectivity index (χ4v) is 6.99. The van der Waals surface area contributed by atoms with E-state index >= 15 is 0 Å². The molecule has 3 aliphatic rings. The molecule has 2 aliphatic heterocycles. The van der Waals surface area contributed by atoms with Gasteiger partial charge in [0.15, 0.2) is 0 Å². The monoisotopic (exact) mass is 422 g/mol. The highest BCUT2D eigenvalue weighted by Gasteiger charge is 2.41. The van der Waals surface area contributed by atoms with Crippen LogP contribution in [0.15, 0.2) is 0 Å². The van der Waals surface area contributed by atoms with E-state index in [0.29, 0.717) is 32.7 Å². The van der Waals surface area contributed by atoms with Gasteiger partial charge in [0.1, 0.15) is 4.83 Å². The number of amides is 1. The summed E-state index contributed by atoms with van der Waals surface area (Å²) in [6.07, 6.45) is 3.96. The molecule has 4 unspecified atom stereocenters. The molecule has 9 heteroatoms. The highest BCUT2D eigenvalue weighted by atomic mass is 79.9. The van der Waals surface area contributed by atoms with Crippen molar-refractivity contribution in [3.8, 4) is 0 Å². The highest BCUT2D eigenvalue weighted by molar-refractivity contribution is 9.10. The lowest BCUT2D eigenvalue weighted by atomic mass is 9.90. The van der Waals surface area contributed by atoms with Gasteiger partial charge in [-0.1, -0.05) is 35.7 Å². The molecule has 0 aromatic rings. The molecule has 7 nitrogen and oxygen atoms in total. The van der Waals surface area contributed by atoms with E-state index in [1.165, 1.54) is 0 Å². The van der Waals surface area contributed by atoms with E-state index in [9.17, 15) is 13.2 Å². The molecular weight excluding hydrogens is 396 g/mol. The summed E-state index contributed by atoms with van der Waals surface area (Å²) in [7, 11) is -3.21. The van der Waals surface area contributed by atoms with Gasteiger partial charge in [-0.25, -0.2) is 13.8 Å². The molecule has 0 bridgehead atoms. The van der Waals surface area contributed by atoms with Gasteiger partial charge in [-0.05, 0) is 18.8 Å². The average Bonchev–Trinajstić information content (AvgIpc) is 2.58. The molecule has 0 aromatic heterocycles. The van der Waals surface area contributed by atoms with Gasteiger partial charge >= 0.3 is 0 Å². The highest BCUT2D eigenvalue weighted by Crippen LogP contribution is 2.31. The Balaban J connectivity index is 1.61. The standard InChI is InChI=1S/C15H27BrN4O3S/c1-11-4-2-3-5-13(11)24(22,23)20-8-6-19(7-9-20)12-10-17-18-15(21)14(12)16/h11-14,17H,2-10H2,1H3,(H,18,21). The second-order valence-corrected chi connectivity index (χ2v) is 10.3. The van der Waals surface area contributed by atoms with E-state index in [1.807, 2.05) is 0 Å². The summed E-state index contributed by atoms with van der Waals surface area (Å²) in [4.78, 5) is 13.7. The minimum absolute atomic E-state index is 0.0530. The van der Waals surface area contributed by atoms with Crippen molar-refractivity contribution in [3.05, 3.63) is 0 Å². The zero-order chi connectivity index (χ0) is 17.3. The van der Waals surface area contributed by atoms with Crippen LogP contribution in [0.4, 0.5) is 0 Å². The zero-order valence-electron chi connectivity index (χ0n) is 14.1. The van der Waals surface area contributed by atoms with Crippen LogP contribution in [-0.4, -0.2) is 72.4 Å². The lowest BCUT2D eigenvalue weighted by Gasteiger charge is -2.43. The quantitative estimate of drug-likeness (QED) is 0.638. The summed E-state index contributed by atoms with van der Waals surface area (Å²) in [5.41, 5.74) is 5.52. The number of nitrogens with one attached hydrogen (secondary N) is 2. The Hall–Kier alpha value is -0.220. The van der Waals surface area contributed by atoms with Crippen LogP contribution >= 0.6 is 15.9 Å². The van der Waals surface area contributed by atoms with Crippen LogP contribution in [0, 0.1) is 5.92 Å². The first-order chi connectivity index (χ1) is 11.4. The molecule has 0 spiro atoms. The smallest absolute Gasteiger partial charge is 0.249 e. The van der Waals surface area contributed by atoms with E-state index < -0.39 is 10.0 Å². The Bertz CT molecular complexity index is 565. The predicted octanol–water partition coefficient (Wildman–Crippen LogP) is 0.279. The molecule has 4 atom stereocenters. The molecule has 1 aliphatic carbocycles. The first kappa shape index (κ1) is 18.6. The van der Waals surface area contributed by atoms with E-state index in [4.69, 9.17) is 0 Å². The average molecular weight is 423 g/mol. The van der Waals surface area contributed by atoms with Gasteiger partial charge in [0.05, 0.1) is 5.25 Å². The number of alkyl halides is 1. The van der Waals surface area contributed by atoms with E-state index in [1.54, 1.807) is 4.31 Å². The van der Waals surface area contributed by atoms with Crippen molar-refractivity contribution >= 4 is 31.9 Å². The number of hydrogen-bond donors (Lipinski definition) is 2. The fourth-order valence-electron chi connectivity index (χ4n) is 4.11.